The molecule has 1 aromatic heterocycles. The summed E-state index contributed by atoms with van der Waals surface area (Å²) in [6.07, 6.45) is 16.6. The van der Waals surface area contributed by atoms with Gasteiger partial charge in [0.05, 0.1) is 16.8 Å². The second-order valence-electron chi connectivity index (χ2n) is 5.43. The highest BCUT2D eigenvalue weighted by Crippen LogP contribution is 2.11. The van der Waals surface area contributed by atoms with Crippen LogP contribution in [0.2, 0.25) is 0 Å². The van der Waals surface area contributed by atoms with Gasteiger partial charge in [-0.3, -0.25) is 0 Å². The topological polar surface area (TPSA) is 33.1 Å². The maximum absolute atomic E-state index is 9.63. The first-order valence-electron chi connectivity index (χ1n) is 7.81. The zero-order valence-corrected chi connectivity index (χ0v) is 14.5. The molecule has 120 valence electrons. The molecule has 0 saturated heterocycles. The van der Waals surface area contributed by atoms with Crippen LogP contribution in [0.15, 0.2) is 47.9 Å². The SMILES string of the molecule is C=CC[C@H](O)CC/C(C)=C/C=C/CC/C=C\c1csc(C)n1. The highest BCUT2D eigenvalue weighted by molar-refractivity contribution is 7.09. The number of hydrogen-bond acceptors (Lipinski definition) is 3. The number of aromatic nitrogens is 1. The molecule has 1 aromatic rings. The number of unbranched alkanes of at least 4 members (excludes halogenated alkanes) is 1. The van der Waals surface area contributed by atoms with E-state index in [4.69, 9.17) is 0 Å². The van der Waals surface area contributed by atoms with E-state index in [1.165, 1.54) is 5.57 Å². The minimum absolute atomic E-state index is 0.260. The van der Waals surface area contributed by atoms with Gasteiger partial charge in [-0.05, 0) is 52.0 Å². The summed E-state index contributed by atoms with van der Waals surface area (Å²) in [5, 5.41) is 12.8. The van der Waals surface area contributed by atoms with Gasteiger partial charge in [0.15, 0.2) is 0 Å². The molecule has 1 heterocycles. The monoisotopic (exact) mass is 317 g/mol. The molecule has 0 aliphatic rings. The molecule has 0 radical (unpaired) electrons. The third-order valence-corrected chi connectivity index (χ3v) is 4.04. The lowest BCUT2D eigenvalue weighted by Gasteiger charge is -2.07. The van der Waals surface area contributed by atoms with Gasteiger partial charge in [0.2, 0.25) is 0 Å². The van der Waals surface area contributed by atoms with Crippen molar-refractivity contribution in [2.24, 2.45) is 0 Å². The number of nitrogens with zero attached hydrogens (tertiary/aromatic N) is 1. The van der Waals surface area contributed by atoms with Crippen LogP contribution in [0.4, 0.5) is 0 Å². The molecule has 0 fully saturated rings. The van der Waals surface area contributed by atoms with E-state index in [0.29, 0.717) is 6.42 Å². The third kappa shape index (κ3) is 8.75. The van der Waals surface area contributed by atoms with E-state index in [-0.39, 0.29) is 6.10 Å². The van der Waals surface area contributed by atoms with Crippen molar-refractivity contribution in [1.82, 2.24) is 4.98 Å². The molecule has 0 aromatic carbocycles. The fourth-order valence-corrected chi connectivity index (χ4v) is 2.55. The molecule has 1 atom stereocenters. The first kappa shape index (κ1) is 18.6. The molecule has 0 unspecified atom stereocenters. The first-order valence-corrected chi connectivity index (χ1v) is 8.69. The molecule has 0 saturated carbocycles. The molecule has 0 spiro atoms. The van der Waals surface area contributed by atoms with Crippen LogP contribution in [0.1, 0.15) is 49.7 Å². The third-order valence-electron chi connectivity index (χ3n) is 3.25. The zero-order valence-electron chi connectivity index (χ0n) is 13.7. The molecule has 1 N–H and O–H groups in total. The lowest BCUT2D eigenvalue weighted by Crippen LogP contribution is -2.04. The normalized spacial score (nSPS) is 14.0. The van der Waals surface area contributed by atoms with Gasteiger partial charge in [-0.25, -0.2) is 4.98 Å². The van der Waals surface area contributed by atoms with Gasteiger partial charge in [-0.2, -0.15) is 0 Å². The van der Waals surface area contributed by atoms with Gasteiger partial charge < -0.3 is 5.11 Å². The molecule has 3 heteroatoms. The van der Waals surface area contributed by atoms with Crippen molar-refractivity contribution >= 4 is 17.4 Å². The number of rotatable bonds is 10. The highest BCUT2D eigenvalue weighted by atomic mass is 32.1. The van der Waals surface area contributed by atoms with Crippen molar-refractivity contribution in [1.29, 1.82) is 0 Å². The number of aliphatic hydroxyl groups excluding tert-OH is 1. The minimum Gasteiger partial charge on any atom is -0.393 e. The quantitative estimate of drug-likeness (QED) is 0.353. The summed E-state index contributed by atoms with van der Waals surface area (Å²) in [6.45, 7) is 7.77. The van der Waals surface area contributed by atoms with E-state index in [0.717, 1.165) is 36.4 Å². The number of hydrogen-bond donors (Lipinski definition) is 1. The summed E-state index contributed by atoms with van der Waals surface area (Å²) in [5.74, 6) is 0. The predicted octanol–water partition coefficient (Wildman–Crippen LogP) is 5.46. The Morgan fingerprint density at radius 1 is 1.41 bits per heavy atom. The molecular weight excluding hydrogens is 290 g/mol. The molecule has 0 bridgehead atoms. The van der Waals surface area contributed by atoms with Gasteiger partial charge in [0.25, 0.3) is 0 Å². The fourth-order valence-electron chi connectivity index (χ4n) is 1.97. The maximum Gasteiger partial charge on any atom is 0.0901 e. The summed E-state index contributed by atoms with van der Waals surface area (Å²) in [4.78, 5) is 4.39. The van der Waals surface area contributed by atoms with Crippen LogP contribution in [-0.4, -0.2) is 16.2 Å². The van der Waals surface area contributed by atoms with E-state index in [2.05, 4.69) is 54.2 Å². The van der Waals surface area contributed by atoms with Gasteiger partial charge >= 0.3 is 0 Å². The average Bonchev–Trinajstić information content (AvgIpc) is 2.90. The Morgan fingerprint density at radius 3 is 2.86 bits per heavy atom. The van der Waals surface area contributed by atoms with Crippen LogP contribution >= 0.6 is 11.3 Å². The Morgan fingerprint density at radius 2 is 2.18 bits per heavy atom. The first-order chi connectivity index (χ1) is 10.6. The molecule has 2 nitrogen and oxygen atoms in total. The van der Waals surface area contributed by atoms with Crippen molar-refractivity contribution in [3.63, 3.8) is 0 Å². The molecule has 0 aliphatic carbocycles. The Balaban J connectivity index is 2.18. The Bertz CT molecular complexity index is 525. The molecule has 1 rings (SSSR count). The molecule has 0 amide bonds. The van der Waals surface area contributed by atoms with Crippen LogP contribution in [0, 0.1) is 6.92 Å². The number of aryl methyl sites for hydroxylation is 1. The van der Waals surface area contributed by atoms with Gasteiger partial charge in [0.1, 0.15) is 0 Å². The summed E-state index contributed by atoms with van der Waals surface area (Å²) in [7, 11) is 0. The lowest BCUT2D eigenvalue weighted by molar-refractivity contribution is 0.168. The zero-order chi connectivity index (χ0) is 16.2. The van der Waals surface area contributed by atoms with Gasteiger partial charge in [-0.15, -0.1) is 17.9 Å². The standard InChI is InChI=1S/C19H27NOS/c1-4-10-19(21)14-13-16(2)11-8-6-5-7-9-12-18-15-22-17(3)20-18/h4,6,8-9,11-12,15,19,21H,1,5,7,10,13-14H2,2-3H3/b8-6+,12-9-,16-11+/t19-/m0/s1. The molecular formula is C19H27NOS. The summed E-state index contributed by atoms with van der Waals surface area (Å²) < 4.78 is 0. The van der Waals surface area contributed by atoms with Crippen LogP contribution in [0.3, 0.4) is 0 Å². The second-order valence-corrected chi connectivity index (χ2v) is 6.49. The van der Waals surface area contributed by atoms with E-state index in [1.807, 2.05) is 6.92 Å². The summed E-state index contributed by atoms with van der Waals surface area (Å²) in [5.41, 5.74) is 2.35. The highest BCUT2D eigenvalue weighted by Gasteiger charge is 2.00. The van der Waals surface area contributed by atoms with Crippen molar-refractivity contribution in [3.05, 3.63) is 58.6 Å². The second kappa shape index (κ2) is 11.2. The van der Waals surface area contributed by atoms with E-state index in [9.17, 15) is 5.11 Å². The fraction of sp³-hybridized carbons (Fsp3) is 0.421. The number of aliphatic hydroxyl groups is 1. The van der Waals surface area contributed by atoms with Crippen LogP contribution < -0.4 is 0 Å². The van der Waals surface area contributed by atoms with Crippen LogP contribution in [-0.2, 0) is 0 Å². The Hall–Kier alpha value is -1.45. The number of thiazole rings is 1. The largest absolute Gasteiger partial charge is 0.393 e. The molecule has 22 heavy (non-hydrogen) atoms. The van der Waals surface area contributed by atoms with Gasteiger partial charge in [0, 0.05) is 5.38 Å². The molecule has 0 aliphatic heterocycles. The maximum atomic E-state index is 9.63. The van der Waals surface area contributed by atoms with Crippen molar-refractivity contribution in [2.75, 3.05) is 0 Å². The minimum atomic E-state index is -0.260. The number of allylic oxidation sites excluding steroid dienone is 5. The van der Waals surface area contributed by atoms with Crippen LogP contribution in [0.5, 0.6) is 0 Å². The van der Waals surface area contributed by atoms with Crippen molar-refractivity contribution in [2.45, 2.75) is 52.1 Å². The summed E-state index contributed by atoms with van der Waals surface area (Å²) in [6, 6.07) is 0. The van der Waals surface area contributed by atoms with Gasteiger partial charge in [-0.1, -0.05) is 36.0 Å². The average molecular weight is 317 g/mol. The van der Waals surface area contributed by atoms with Crippen molar-refractivity contribution < 1.29 is 5.11 Å². The van der Waals surface area contributed by atoms with Crippen LogP contribution in [0.25, 0.3) is 6.08 Å². The van der Waals surface area contributed by atoms with E-state index >= 15 is 0 Å². The summed E-state index contributed by atoms with van der Waals surface area (Å²) >= 11 is 1.68. The predicted molar refractivity (Wildman–Crippen MR) is 98.1 cm³/mol. The van der Waals surface area contributed by atoms with E-state index in [1.54, 1.807) is 17.4 Å². The smallest absolute Gasteiger partial charge is 0.0901 e. The Kier molecular flexibility index (Phi) is 9.44. The lowest BCUT2D eigenvalue weighted by atomic mass is 10.1. The van der Waals surface area contributed by atoms with Crippen molar-refractivity contribution in [3.8, 4) is 0 Å². The Labute approximate surface area is 138 Å². The van der Waals surface area contributed by atoms with E-state index < -0.39 is 0 Å².